The molecule has 2 aromatic heterocycles. The molecule has 1 aromatic carbocycles. The topological polar surface area (TPSA) is 89.5 Å². The molecule has 2 aliphatic heterocycles. The predicted molar refractivity (Wildman–Crippen MR) is 103 cm³/mol. The zero-order chi connectivity index (χ0) is 20.8. The molecule has 0 aliphatic carbocycles. The van der Waals surface area contributed by atoms with Crippen molar-refractivity contribution in [1.82, 2.24) is 15.0 Å². The second-order valence-electron chi connectivity index (χ2n) is 7.35. The van der Waals surface area contributed by atoms with E-state index in [0.29, 0.717) is 21.9 Å². The second-order valence-corrected chi connectivity index (χ2v) is 7.76. The Labute approximate surface area is 174 Å². The summed E-state index contributed by atoms with van der Waals surface area (Å²) < 4.78 is 44.6. The fraction of sp³-hybridized carbons (Fsp3) is 0.400. The zero-order valence-corrected chi connectivity index (χ0v) is 16.4. The number of ether oxygens (including phenoxy) is 3. The highest BCUT2D eigenvalue weighted by atomic mass is 35.5. The van der Waals surface area contributed by atoms with Crippen LogP contribution in [0.15, 0.2) is 24.3 Å². The molecule has 2 saturated heterocycles. The Hall–Kier alpha value is -2.33. The second kappa shape index (κ2) is 7.73. The number of halogens is 3. The van der Waals surface area contributed by atoms with Crippen molar-refractivity contribution in [2.24, 2.45) is 0 Å². The molecule has 4 heterocycles. The first-order chi connectivity index (χ1) is 14.5. The van der Waals surface area contributed by atoms with Crippen molar-refractivity contribution in [2.45, 2.75) is 37.3 Å². The number of fused-ring (bicyclic) bond motifs is 2. The van der Waals surface area contributed by atoms with Crippen LogP contribution in [0.3, 0.4) is 0 Å². The summed E-state index contributed by atoms with van der Waals surface area (Å²) in [5, 5.41) is 10.2. The fourth-order valence-electron chi connectivity index (χ4n) is 3.87. The van der Waals surface area contributed by atoms with Crippen LogP contribution in [0.4, 0.5) is 8.78 Å². The van der Waals surface area contributed by atoms with Crippen molar-refractivity contribution in [1.29, 1.82) is 0 Å². The molecule has 30 heavy (non-hydrogen) atoms. The molecule has 0 saturated carbocycles. The maximum Gasteiger partial charge on any atom is 0.296 e. The average molecular weight is 438 g/mol. The minimum atomic E-state index is -0.665. The maximum atomic E-state index is 13.9. The molecule has 5 rings (SSSR count). The number of pyridine rings is 1. The van der Waals surface area contributed by atoms with Gasteiger partial charge in [-0.25, -0.2) is 13.8 Å². The lowest BCUT2D eigenvalue weighted by Crippen LogP contribution is -2.34. The number of aliphatic hydroxyl groups excluding tert-OH is 1. The van der Waals surface area contributed by atoms with Gasteiger partial charge in [0, 0.05) is 5.56 Å². The number of H-pyrrole nitrogens is 1. The Morgan fingerprint density at radius 1 is 1.13 bits per heavy atom. The lowest BCUT2D eigenvalue weighted by Gasteiger charge is -2.15. The van der Waals surface area contributed by atoms with E-state index in [1.807, 2.05) is 0 Å². The van der Waals surface area contributed by atoms with Gasteiger partial charge in [-0.1, -0.05) is 17.7 Å². The largest absolute Gasteiger partial charge is 0.456 e. The number of imidazole rings is 1. The van der Waals surface area contributed by atoms with E-state index in [4.69, 9.17) is 25.8 Å². The predicted octanol–water partition coefficient (Wildman–Crippen LogP) is 2.58. The molecule has 2 fully saturated rings. The number of nitrogens with zero attached hydrogens (tertiary/aromatic N) is 2. The quantitative estimate of drug-likeness (QED) is 0.637. The molecule has 0 radical (unpaired) electrons. The first-order valence-electron chi connectivity index (χ1n) is 9.55. The maximum absolute atomic E-state index is 13.9. The van der Waals surface area contributed by atoms with Gasteiger partial charge in [-0.3, -0.25) is 0 Å². The van der Waals surface area contributed by atoms with E-state index in [9.17, 15) is 13.9 Å². The Morgan fingerprint density at radius 3 is 2.70 bits per heavy atom. The molecule has 4 atom stereocenters. The minimum absolute atomic E-state index is 0.00366. The number of aryl methyl sites for hydroxylation is 1. The third-order valence-electron chi connectivity index (χ3n) is 5.40. The Kier molecular flexibility index (Phi) is 5.06. The summed E-state index contributed by atoms with van der Waals surface area (Å²) in [4.78, 5) is 11.8. The van der Waals surface area contributed by atoms with Crippen LogP contribution >= 0.6 is 11.6 Å². The molecular formula is C20H18ClF2N3O4. The first-order valence-corrected chi connectivity index (χ1v) is 9.93. The van der Waals surface area contributed by atoms with E-state index < -0.39 is 29.9 Å². The van der Waals surface area contributed by atoms with E-state index in [0.717, 1.165) is 0 Å². The van der Waals surface area contributed by atoms with Gasteiger partial charge in [0.05, 0.1) is 29.4 Å². The van der Waals surface area contributed by atoms with Gasteiger partial charge < -0.3 is 24.3 Å². The molecule has 0 unspecified atom stereocenters. The summed E-state index contributed by atoms with van der Waals surface area (Å²) >= 11 is 6.31. The summed E-state index contributed by atoms with van der Waals surface area (Å²) in [7, 11) is 0. The molecule has 3 aromatic rings. The Morgan fingerprint density at radius 2 is 1.90 bits per heavy atom. The standard InChI is InChI=1S/C20H18ClF2N3O4/c21-10-6-14-19(24-13(10)5-4-9-11(22)2-1-3-12(9)23)26-20(25-14)30-16-8-29-17-15(27)7-28-18(16)17/h1-3,6,15-18,27H,4-5,7-8H2,(H,24,25,26)/t15-,16-,17-,18-/m1/s1. The first kappa shape index (κ1) is 19.6. The number of hydrogen-bond donors (Lipinski definition) is 2. The molecule has 7 nitrogen and oxygen atoms in total. The Balaban J connectivity index is 1.33. The molecule has 0 spiro atoms. The third-order valence-corrected chi connectivity index (χ3v) is 5.72. The van der Waals surface area contributed by atoms with Crippen LogP contribution in [0.5, 0.6) is 6.01 Å². The highest BCUT2D eigenvalue weighted by Gasteiger charge is 2.48. The summed E-state index contributed by atoms with van der Waals surface area (Å²) in [6, 6.07) is 5.65. The van der Waals surface area contributed by atoms with Crippen molar-refractivity contribution in [3.63, 3.8) is 0 Å². The Bertz CT molecular complexity index is 1080. The van der Waals surface area contributed by atoms with Gasteiger partial charge in [-0.15, -0.1) is 0 Å². The van der Waals surface area contributed by atoms with Crippen LogP contribution in [0.1, 0.15) is 11.3 Å². The monoisotopic (exact) mass is 437 g/mol. The van der Waals surface area contributed by atoms with Gasteiger partial charge in [-0.05, 0) is 31.0 Å². The van der Waals surface area contributed by atoms with Crippen molar-refractivity contribution >= 4 is 22.8 Å². The van der Waals surface area contributed by atoms with Gasteiger partial charge in [0.25, 0.3) is 6.01 Å². The zero-order valence-electron chi connectivity index (χ0n) is 15.6. The van der Waals surface area contributed by atoms with E-state index in [-0.39, 0.29) is 43.7 Å². The van der Waals surface area contributed by atoms with Crippen molar-refractivity contribution < 1.29 is 28.1 Å². The number of nitrogens with one attached hydrogen (secondary N) is 1. The van der Waals surface area contributed by atoms with Crippen molar-refractivity contribution in [3.8, 4) is 6.01 Å². The number of aromatic nitrogens is 3. The molecule has 158 valence electrons. The van der Waals surface area contributed by atoms with Gasteiger partial charge in [-0.2, -0.15) is 4.98 Å². The fourth-order valence-corrected chi connectivity index (χ4v) is 4.11. The van der Waals surface area contributed by atoms with Crippen LogP contribution in [-0.4, -0.2) is 57.7 Å². The van der Waals surface area contributed by atoms with Gasteiger partial charge in [0.1, 0.15) is 29.9 Å². The molecular weight excluding hydrogens is 420 g/mol. The van der Waals surface area contributed by atoms with Crippen molar-refractivity contribution in [2.75, 3.05) is 13.2 Å². The van der Waals surface area contributed by atoms with Gasteiger partial charge >= 0.3 is 0 Å². The molecule has 10 heteroatoms. The average Bonchev–Trinajstić information content (AvgIpc) is 3.39. The molecule has 2 aliphatic rings. The van der Waals surface area contributed by atoms with Gasteiger partial charge in [0.2, 0.25) is 0 Å². The highest BCUT2D eigenvalue weighted by molar-refractivity contribution is 6.31. The number of benzene rings is 1. The number of aliphatic hydroxyl groups is 1. The molecule has 2 N–H and O–H groups in total. The van der Waals surface area contributed by atoms with E-state index in [2.05, 4.69) is 15.0 Å². The van der Waals surface area contributed by atoms with Crippen LogP contribution < -0.4 is 4.74 Å². The lowest BCUT2D eigenvalue weighted by atomic mass is 10.1. The lowest BCUT2D eigenvalue weighted by molar-refractivity contribution is 0.00706. The molecule has 0 bridgehead atoms. The van der Waals surface area contributed by atoms with Crippen molar-refractivity contribution in [3.05, 3.63) is 52.2 Å². The summed E-state index contributed by atoms with van der Waals surface area (Å²) in [6.45, 7) is 0.482. The highest BCUT2D eigenvalue weighted by Crippen LogP contribution is 2.30. The summed E-state index contributed by atoms with van der Waals surface area (Å²) in [5.74, 6) is -1.20. The van der Waals surface area contributed by atoms with Gasteiger partial charge in [0.15, 0.2) is 11.8 Å². The summed E-state index contributed by atoms with van der Waals surface area (Å²) in [6.07, 6.45) is -1.48. The van der Waals surface area contributed by atoms with E-state index >= 15 is 0 Å². The van der Waals surface area contributed by atoms with E-state index in [1.54, 1.807) is 6.07 Å². The normalized spacial score (nSPS) is 25.7. The van der Waals surface area contributed by atoms with Crippen LogP contribution in [0.25, 0.3) is 11.2 Å². The minimum Gasteiger partial charge on any atom is -0.456 e. The van der Waals surface area contributed by atoms with E-state index in [1.165, 1.54) is 18.2 Å². The summed E-state index contributed by atoms with van der Waals surface area (Å²) in [5.41, 5.74) is 1.42. The number of aromatic amines is 1. The van der Waals surface area contributed by atoms with Crippen LogP contribution in [-0.2, 0) is 22.3 Å². The third kappa shape index (κ3) is 3.51. The number of hydrogen-bond acceptors (Lipinski definition) is 6. The smallest absolute Gasteiger partial charge is 0.296 e. The number of rotatable bonds is 5. The van der Waals surface area contributed by atoms with Crippen LogP contribution in [0, 0.1) is 11.6 Å². The molecule has 0 amide bonds. The van der Waals surface area contributed by atoms with Crippen LogP contribution in [0.2, 0.25) is 5.02 Å². The SMILES string of the molecule is O[C@@H]1CO[C@H]2[C@@H]1OC[C@H]2Oc1nc2nc(CCc3c(F)cccc3F)c(Cl)cc2[nH]1.